The van der Waals surface area contributed by atoms with Crippen molar-refractivity contribution in [1.29, 1.82) is 0 Å². The van der Waals surface area contributed by atoms with Gasteiger partial charge in [-0.15, -0.1) is 24.0 Å². The zero-order valence-corrected chi connectivity index (χ0v) is 19.9. The molecular weight excluding hydrogens is 512 g/mol. The van der Waals surface area contributed by atoms with E-state index >= 15 is 0 Å². The van der Waals surface area contributed by atoms with Crippen molar-refractivity contribution in [1.82, 2.24) is 15.5 Å². The summed E-state index contributed by atoms with van der Waals surface area (Å²) in [5.74, 6) is -0.0488. The summed E-state index contributed by atoms with van der Waals surface area (Å²) in [5, 5.41) is 8.96. The molecule has 0 bridgehead atoms. The highest BCUT2D eigenvalue weighted by molar-refractivity contribution is 14.0. The van der Waals surface area contributed by atoms with Crippen molar-refractivity contribution in [3.8, 4) is 0 Å². The van der Waals surface area contributed by atoms with Crippen LogP contribution in [0, 0.1) is 5.82 Å². The molecule has 2 aromatic carbocycles. The molecule has 0 unspecified atom stereocenters. The van der Waals surface area contributed by atoms with Crippen LogP contribution in [0.25, 0.3) is 0 Å². The van der Waals surface area contributed by atoms with Crippen LogP contribution in [0.3, 0.4) is 0 Å². The highest BCUT2D eigenvalue weighted by Crippen LogP contribution is 2.13. The van der Waals surface area contributed by atoms with Gasteiger partial charge >= 0.3 is 0 Å². The first-order valence-corrected chi connectivity index (χ1v) is 10.0. The van der Waals surface area contributed by atoms with E-state index in [2.05, 4.69) is 38.0 Å². The van der Waals surface area contributed by atoms with Crippen LogP contribution in [-0.2, 0) is 22.6 Å². The van der Waals surface area contributed by atoms with Gasteiger partial charge in [-0.25, -0.2) is 4.39 Å². The Morgan fingerprint density at radius 2 is 1.74 bits per heavy atom. The summed E-state index contributed by atoms with van der Waals surface area (Å²) >= 11 is 0. The van der Waals surface area contributed by atoms with Gasteiger partial charge in [0, 0.05) is 38.9 Å². The Morgan fingerprint density at radius 1 is 1.06 bits per heavy atom. The van der Waals surface area contributed by atoms with Crippen LogP contribution in [0.4, 0.5) is 10.1 Å². The van der Waals surface area contributed by atoms with Crippen molar-refractivity contribution in [2.75, 3.05) is 45.2 Å². The van der Waals surface area contributed by atoms with E-state index in [1.165, 1.54) is 35.4 Å². The SMILES string of the molecule is CN=C(NCC(=O)Nc1ccc(F)cc1)NCc1ccccc1CN1CCOCC1.I. The van der Waals surface area contributed by atoms with E-state index in [4.69, 9.17) is 4.74 Å². The maximum absolute atomic E-state index is 13.0. The van der Waals surface area contributed by atoms with Crippen LogP contribution in [-0.4, -0.2) is 56.7 Å². The maximum atomic E-state index is 13.0. The van der Waals surface area contributed by atoms with Gasteiger partial charge in [0.25, 0.3) is 0 Å². The van der Waals surface area contributed by atoms with E-state index in [0.29, 0.717) is 18.2 Å². The van der Waals surface area contributed by atoms with Gasteiger partial charge < -0.3 is 20.7 Å². The number of rotatable bonds is 7. The molecule has 1 aliphatic heterocycles. The molecule has 1 fully saturated rings. The first-order valence-electron chi connectivity index (χ1n) is 10.0. The molecule has 0 aliphatic carbocycles. The number of carbonyl (C=O) groups excluding carboxylic acids is 1. The molecular formula is C22H29FIN5O2. The Hall–Kier alpha value is -2.24. The summed E-state index contributed by atoms with van der Waals surface area (Å²) in [6.07, 6.45) is 0. The fourth-order valence-electron chi connectivity index (χ4n) is 3.19. The van der Waals surface area contributed by atoms with Gasteiger partial charge in [-0.05, 0) is 35.4 Å². The van der Waals surface area contributed by atoms with E-state index in [0.717, 1.165) is 32.8 Å². The van der Waals surface area contributed by atoms with E-state index in [1.807, 2.05) is 12.1 Å². The average Bonchev–Trinajstić information content (AvgIpc) is 2.77. The van der Waals surface area contributed by atoms with Crippen LogP contribution in [0.15, 0.2) is 53.5 Å². The molecule has 1 amide bonds. The lowest BCUT2D eigenvalue weighted by atomic mass is 10.1. The third-order valence-corrected chi connectivity index (χ3v) is 4.83. The van der Waals surface area contributed by atoms with E-state index in [-0.39, 0.29) is 42.2 Å². The van der Waals surface area contributed by atoms with Gasteiger partial charge in [0.05, 0.1) is 19.8 Å². The number of ether oxygens (including phenoxy) is 1. The maximum Gasteiger partial charge on any atom is 0.243 e. The normalized spacial score (nSPS) is 14.5. The lowest BCUT2D eigenvalue weighted by Crippen LogP contribution is -2.41. The quantitative estimate of drug-likeness (QED) is 0.286. The number of anilines is 1. The van der Waals surface area contributed by atoms with Crippen molar-refractivity contribution in [3.63, 3.8) is 0 Å². The number of aliphatic imine (C=N–C) groups is 1. The van der Waals surface area contributed by atoms with Crippen molar-refractivity contribution in [2.24, 2.45) is 4.99 Å². The number of amides is 1. The van der Waals surface area contributed by atoms with Crippen molar-refractivity contribution < 1.29 is 13.9 Å². The number of hydrogen-bond donors (Lipinski definition) is 3. The minimum Gasteiger partial charge on any atom is -0.379 e. The number of nitrogens with zero attached hydrogens (tertiary/aromatic N) is 2. The molecule has 1 saturated heterocycles. The number of guanidine groups is 1. The Kier molecular flexibility index (Phi) is 10.7. The fourth-order valence-corrected chi connectivity index (χ4v) is 3.19. The van der Waals surface area contributed by atoms with E-state index in [1.54, 1.807) is 7.05 Å². The molecule has 168 valence electrons. The molecule has 1 heterocycles. The molecule has 7 nitrogen and oxygen atoms in total. The molecule has 0 atom stereocenters. The first-order chi connectivity index (χ1) is 14.6. The predicted molar refractivity (Wildman–Crippen MR) is 131 cm³/mol. The molecule has 3 N–H and O–H groups in total. The second-order valence-electron chi connectivity index (χ2n) is 6.99. The van der Waals surface area contributed by atoms with Gasteiger partial charge in [-0.2, -0.15) is 0 Å². The zero-order chi connectivity index (χ0) is 21.2. The van der Waals surface area contributed by atoms with Crippen LogP contribution in [0.5, 0.6) is 0 Å². The monoisotopic (exact) mass is 541 g/mol. The molecule has 31 heavy (non-hydrogen) atoms. The van der Waals surface area contributed by atoms with Crippen LogP contribution in [0.1, 0.15) is 11.1 Å². The number of hydrogen-bond acceptors (Lipinski definition) is 4. The summed E-state index contributed by atoms with van der Waals surface area (Å²) in [6, 6.07) is 13.9. The third-order valence-electron chi connectivity index (χ3n) is 4.83. The van der Waals surface area contributed by atoms with Gasteiger partial charge in [0.1, 0.15) is 5.82 Å². The number of carbonyl (C=O) groups is 1. The molecule has 1 aliphatic rings. The van der Waals surface area contributed by atoms with Crippen molar-refractivity contribution in [2.45, 2.75) is 13.1 Å². The van der Waals surface area contributed by atoms with Gasteiger partial charge in [0.2, 0.25) is 5.91 Å². The van der Waals surface area contributed by atoms with Gasteiger partial charge in [-0.1, -0.05) is 24.3 Å². The minimum atomic E-state index is -0.343. The molecule has 0 spiro atoms. The van der Waals surface area contributed by atoms with Crippen molar-refractivity contribution >= 4 is 41.5 Å². The van der Waals surface area contributed by atoms with Crippen molar-refractivity contribution in [3.05, 3.63) is 65.5 Å². The summed E-state index contributed by atoms with van der Waals surface area (Å²) in [6.45, 7) is 4.95. The lowest BCUT2D eigenvalue weighted by molar-refractivity contribution is -0.115. The van der Waals surface area contributed by atoms with E-state index in [9.17, 15) is 9.18 Å². The zero-order valence-electron chi connectivity index (χ0n) is 17.6. The van der Waals surface area contributed by atoms with Crippen LogP contribution in [0.2, 0.25) is 0 Å². The molecule has 9 heteroatoms. The topological polar surface area (TPSA) is 78.0 Å². The third kappa shape index (κ3) is 8.42. The predicted octanol–water partition coefficient (Wildman–Crippen LogP) is 2.58. The summed E-state index contributed by atoms with van der Waals surface area (Å²) in [7, 11) is 1.66. The number of benzene rings is 2. The number of nitrogens with one attached hydrogen (secondary N) is 3. The summed E-state index contributed by atoms with van der Waals surface area (Å²) in [4.78, 5) is 18.7. The van der Waals surface area contributed by atoms with E-state index < -0.39 is 0 Å². The second-order valence-corrected chi connectivity index (χ2v) is 6.99. The molecule has 0 aromatic heterocycles. The number of morpholine rings is 1. The Morgan fingerprint density at radius 3 is 2.42 bits per heavy atom. The first kappa shape index (κ1) is 25.0. The minimum absolute atomic E-state index is 0. The average molecular weight is 541 g/mol. The summed E-state index contributed by atoms with van der Waals surface area (Å²) in [5.41, 5.74) is 2.99. The van der Waals surface area contributed by atoms with Gasteiger partial charge in [-0.3, -0.25) is 14.7 Å². The van der Waals surface area contributed by atoms with Gasteiger partial charge in [0.15, 0.2) is 5.96 Å². The Balaban J connectivity index is 0.00000341. The van der Waals surface area contributed by atoms with Crippen LogP contribution < -0.4 is 16.0 Å². The Bertz CT molecular complexity index is 857. The smallest absolute Gasteiger partial charge is 0.243 e. The molecule has 0 radical (unpaired) electrons. The Labute approximate surface area is 199 Å². The molecule has 2 aromatic rings. The highest BCUT2D eigenvalue weighted by atomic mass is 127. The fraction of sp³-hybridized carbons (Fsp3) is 0.364. The molecule has 3 rings (SSSR count). The highest BCUT2D eigenvalue weighted by Gasteiger charge is 2.13. The van der Waals surface area contributed by atoms with Crippen LogP contribution >= 0.6 is 24.0 Å². The largest absolute Gasteiger partial charge is 0.379 e. The summed E-state index contributed by atoms with van der Waals surface area (Å²) < 4.78 is 18.4. The lowest BCUT2D eigenvalue weighted by Gasteiger charge is -2.27. The number of halogens is 2. The standard InChI is InChI=1S/C22H28FN5O2.HI/c1-24-22(26-15-21(29)27-20-8-6-19(23)7-9-20)25-14-17-4-2-3-5-18(17)16-28-10-12-30-13-11-28;/h2-9H,10-16H2,1H3,(H,27,29)(H2,24,25,26);1H. The molecule has 0 saturated carbocycles. The second kappa shape index (κ2) is 13.2.